The van der Waals surface area contributed by atoms with Crippen LogP contribution < -0.4 is 51.4 Å². The van der Waals surface area contributed by atoms with Crippen LogP contribution in [0.5, 0.6) is 0 Å². The molecule has 0 aromatic rings. The molecule has 1 N–H and O–H groups in total. The van der Waals surface area contributed by atoms with Gasteiger partial charge in [-0.05, 0) is 25.7 Å². The topological polar surface area (TPSA) is 77.4 Å². The molecular formula is C16H33KO4S. The number of aliphatic hydroxyl groups is 1. The minimum Gasteiger partial charge on any atom is -0.748 e. The smallest absolute Gasteiger partial charge is 0.748 e. The van der Waals surface area contributed by atoms with Gasteiger partial charge >= 0.3 is 51.4 Å². The molecule has 0 aliphatic carbocycles. The van der Waals surface area contributed by atoms with Crippen LogP contribution in [0.2, 0.25) is 0 Å². The molecule has 0 aromatic heterocycles. The number of aliphatic hydroxyl groups excluding tert-OH is 1. The molecule has 0 fully saturated rings. The Kier molecular flexibility index (Phi) is 18.7. The van der Waals surface area contributed by atoms with E-state index in [-0.39, 0.29) is 57.8 Å². The maximum atomic E-state index is 11.1. The molecule has 0 spiro atoms. The van der Waals surface area contributed by atoms with Gasteiger partial charge in [-0.3, -0.25) is 0 Å². The number of rotatable bonds is 14. The zero-order valence-electron chi connectivity index (χ0n) is 14.7. The van der Waals surface area contributed by atoms with Gasteiger partial charge < -0.3 is 9.66 Å². The molecule has 6 heteroatoms. The first-order chi connectivity index (χ1) is 9.91. The molecule has 0 rings (SSSR count). The van der Waals surface area contributed by atoms with Crippen molar-refractivity contribution in [1.29, 1.82) is 0 Å². The minimum absolute atomic E-state index is 0. The third kappa shape index (κ3) is 15.1. The van der Waals surface area contributed by atoms with E-state index in [4.69, 9.17) is 0 Å². The van der Waals surface area contributed by atoms with Crippen molar-refractivity contribution in [3.63, 3.8) is 0 Å². The molecule has 4 nitrogen and oxygen atoms in total. The average molecular weight is 361 g/mol. The number of unbranched alkanes of at least 4 members (excludes halogenated alkanes) is 6. The number of hydrogen-bond acceptors (Lipinski definition) is 4. The molecule has 2 atom stereocenters. The Bertz CT molecular complexity index is 333. The summed E-state index contributed by atoms with van der Waals surface area (Å²) in [5.41, 5.74) is 0. The van der Waals surface area contributed by atoms with Crippen molar-refractivity contribution < 1.29 is 69.5 Å². The van der Waals surface area contributed by atoms with Crippen molar-refractivity contribution in [2.75, 3.05) is 0 Å². The van der Waals surface area contributed by atoms with Gasteiger partial charge in [0.1, 0.15) is 0 Å². The van der Waals surface area contributed by atoms with Gasteiger partial charge in [0.25, 0.3) is 0 Å². The molecule has 0 radical (unpaired) electrons. The van der Waals surface area contributed by atoms with Crippen LogP contribution in [0.15, 0.2) is 0 Å². The summed E-state index contributed by atoms with van der Waals surface area (Å²) in [5.74, 6) is 0. The van der Waals surface area contributed by atoms with Crippen molar-refractivity contribution in [3.8, 4) is 0 Å². The third-order valence-electron chi connectivity index (χ3n) is 3.98. The normalized spacial score (nSPS) is 14.4. The predicted octanol–water partition coefficient (Wildman–Crippen LogP) is 0.986. The molecule has 0 saturated heterocycles. The van der Waals surface area contributed by atoms with Crippen LogP contribution >= 0.6 is 0 Å². The summed E-state index contributed by atoms with van der Waals surface area (Å²) < 4.78 is 33.2. The van der Waals surface area contributed by atoms with E-state index < -0.39 is 21.5 Å². The van der Waals surface area contributed by atoms with E-state index in [0.717, 1.165) is 12.8 Å². The minimum atomic E-state index is -4.22. The van der Waals surface area contributed by atoms with Gasteiger partial charge in [-0.25, -0.2) is 8.42 Å². The zero-order valence-corrected chi connectivity index (χ0v) is 18.7. The first-order valence-corrected chi connectivity index (χ1v) is 10.0. The fraction of sp³-hybridized carbons (Fsp3) is 1.00. The van der Waals surface area contributed by atoms with Crippen molar-refractivity contribution in [1.82, 2.24) is 0 Å². The van der Waals surface area contributed by atoms with Gasteiger partial charge in [0.2, 0.25) is 0 Å². The van der Waals surface area contributed by atoms with Crippen molar-refractivity contribution in [2.24, 2.45) is 0 Å². The predicted molar refractivity (Wildman–Crippen MR) is 86.2 cm³/mol. The first kappa shape index (κ1) is 25.7. The summed E-state index contributed by atoms with van der Waals surface area (Å²) in [4.78, 5) is 0. The Balaban J connectivity index is 0. The molecule has 128 valence electrons. The average Bonchev–Trinajstić information content (AvgIpc) is 2.41. The van der Waals surface area contributed by atoms with E-state index in [1.54, 1.807) is 0 Å². The molecule has 0 aliphatic rings. The van der Waals surface area contributed by atoms with Crippen LogP contribution in [0, 0.1) is 0 Å². The Labute approximate surface area is 180 Å². The fourth-order valence-electron chi connectivity index (χ4n) is 2.61. The van der Waals surface area contributed by atoms with Gasteiger partial charge in [0.05, 0.1) is 16.2 Å². The molecule has 0 aliphatic heterocycles. The maximum Gasteiger partial charge on any atom is 1.00 e. The van der Waals surface area contributed by atoms with Crippen LogP contribution in [0.3, 0.4) is 0 Å². The molecule has 0 saturated carbocycles. The van der Waals surface area contributed by atoms with E-state index in [2.05, 4.69) is 6.92 Å². The Hall–Kier alpha value is 1.51. The maximum absolute atomic E-state index is 11.1. The molecule has 22 heavy (non-hydrogen) atoms. The van der Waals surface area contributed by atoms with Crippen LogP contribution in [-0.4, -0.2) is 29.4 Å². The molecule has 0 amide bonds. The third-order valence-corrected chi connectivity index (χ3v) is 5.27. The summed E-state index contributed by atoms with van der Waals surface area (Å²) in [6.07, 6.45) is 10.4. The van der Waals surface area contributed by atoms with Crippen molar-refractivity contribution in [2.45, 2.75) is 102 Å². The molecule has 0 aromatic carbocycles. The summed E-state index contributed by atoms with van der Waals surface area (Å²) in [5, 5.41) is 9.05. The summed E-state index contributed by atoms with van der Waals surface area (Å²) in [7, 11) is -4.22. The fourth-order valence-corrected chi connectivity index (χ4v) is 3.56. The van der Waals surface area contributed by atoms with Crippen molar-refractivity contribution >= 4 is 10.1 Å². The monoisotopic (exact) mass is 360 g/mol. The van der Waals surface area contributed by atoms with E-state index in [1.807, 2.05) is 6.92 Å². The van der Waals surface area contributed by atoms with Gasteiger partial charge in [-0.1, -0.05) is 65.2 Å². The van der Waals surface area contributed by atoms with Gasteiger partial charge in [-0.2, -0.15) is 0 Å². The standard InChI is InChI=1S/C16H34O4S.K/c1-3-5-6-7-8-9-10-12-15(17)13-14-16(11-4-2)21(18,19)20;/h15-17H,3-14H2,1-2H3,(H,18,19,20);/q;+1/p-1. The van der Waals surface area contributed by atoms with Gasteiger partial charge in [-0.15, -0.1) is 0 Å². The first-order valence-electron chi connectivity index (χ1n) is 8.54. The van der Waals surface area contributed by atoms with Gasteiger partial charge in [0, 0.05) is 5.25 Å². The summed E-state index contributed by atoms with van der Waals surface area (Å²) >= 11 is 0. The number of hydrogen-bond donors (Lipinski definition) is 1. The molecule has 2 unspecified atom stereocenters. The summed E-state index contributed by atoms with van der Waals surface area (Å²) in [6.45, 7) is 4.07. The van der Waals surface area contributed by atoms with Crippen LogP contribution in [0.25, 0.3) is 0 Å². The quantitative estimate of drug-likeness (QED) is 0.285. The van der Waals surface area contributed by atoms with Crippen LogP contribution in [0.4, 0.5) is 0 Å². The van der Waals surface area contributed by atoms with Crippen LogP contribution in [0.1, 0.15) is 90.9 Å². The second-order valence-electron chi connectivity index (χ2n) is 6.04. The largest absolute Gasteiger partial charge is 1.00 e. The second-order valence-corrected chi connectivity index (χ2v) is 7.70. The van der Waals surface area contributed by atoms with E-state index >= 15 is 0 Å². The molecule has 0 heterocycles. The second kappa shape index (κ2) is 16.0. The zero-order chi connectivity index (χ0) is 16.1. The SMILES string of the molecule is CCCCCCCCCC(O)CCC(CCC)S(=O)(=O)[O-].[K+]. The van der Waals surface area contributed by atoms with Crippen molar-refractivity contribution in [3.05, 3.63) is 0 Å². The van der Waals surface area contributed by atoms with E-state index in [0.29, 0.717) is 25.7 Å². The van der Waals surface area contributed by atoms with E-state index in [9.17, 15) is 18.1 Å². The Morgan fingerprint density at radius 3 is 1.86 bits per heavy atom. The summed E-state index contributed by atoms with van der Waals surface area (Å²) in [6, 6.07) is 0. The van der Waals surface area contributed by atoms with E-state index in [1.165, 1.54) is 32.1 Å². The van der Waals surface area contributed by atoms with Gasteiger partial charge in [0.15, 0.2) is 0 Å². The Morgan fingerprint density at radius 1 is 0.818 bits per heavy atom. The Morgan fingerprint density at radius 2 is 1.36 bits per heavy atom. The van der Waals surface area contributed by atoms with Crippen LogP contribution in [-0.2, 0) is 10.1 Å². The molecule has 0 bridgehead atoms. The molecular weight excluding hydrogens is 327 g/mol.